The number of ether oxygens (including phenoxy) is 2. The highest BCUT2D eigenvalue weighted by atomic mass is 16.5. The van der Waals surface area contributed by atoms with Crippen LogP contribution in [0.4, 0.5) is 0 Å². The SMILES string of the molecule is CCCCCCCCCCCC(CCCCCC)COC(=O)CCCCCN(CCCCCC(=O)OCC(CCCCCC)CCCCCCCC)CCN1CCCC1. The van der Waals surface area contributed by atoms with E-state index >= 15 is 0 Å². The van der Waals surface area contributed by atoms with Crippen LogP contribution < -0.4 is 0 Å². The van der Waals surface area contributed by atoms with Crippen LogP contribution in [0.2, 0.25) is 0 Å². The zero-order valence-corrected chi connectivity index (χ0v) is 40.5. The Balaban J connectivity index is 2.36. The van der Waals surface area contributed by atoms with Crippen molar-refractivity contribution in [1.29, 1.82) is 0 Å². The largest absolute Gasteiger partial charge is 0.465 e. The molecule has 2 atom stereocenters. The van der Waals surface area contributed by atoms with E-state index in [0.717, 1.165) is 64.7 Å². The van der Waals surface area contributed by atoms with E-state index in [-0.39, 0.29) is 11.9 Å². The van der Waals surface area contributed by atoms with Crippen molar-refractivity contribution in [1.82, 2.24) is 9.80 Å². The topological polar surface area (TPSA) is 59.1 Å². The van der Waals surface area contributed by atoms with Gasteiger partial charge < -0.3 is 19.3 Å². The number of hydrogen-bond acceptors (Lipinski definition) is 6. The van der Waals surface area contributed by atoms with Gasteiger partial charge in [0.1, 0.15) is 0 Å². The zero-order valence-electron chi connectivity index (χ0n) is 40.5. The number of hydrogen-bond donors (Lipinski definition) is 0. The molecule has 6 heteroatoms. The fourth-order valence-electron chi connectivity index (χ4n) is 9.05. The summed E-state index contributed by atoms with van der Waals surface area (Å²) < 4.78 is 11.8. The normalized spacial score (nSPS) is 14.3. The molecule has 2 unspecified atom stereocenters. The highest BCUT2D eigenvalue weighted by molar-refractivity contribution is 5.69. The molecule has 0 radical (unpaired) electrons. The smallest absolute Gasteiger partial charge is 0.305 e. The van der Waals surface area contributed by atoms with Gasteiger partial charge in [-0.15, -0.1) is 0 Å². The lowest BCUT2D eigenvalue weighted by atomic mass is 9.95. The Bertz CT molecular complexity index is 893. The van der Waals surface area contributed by atoms with Gasteiger partial charge in [-0.1, -0.05) is 188 Å². The van der Waals surface area contributed by atoms with E-state index in [2.05, 4.69) is 37.5 Å². The first-order chi connectivity index (χ1) is 29.0. The summed E-state index contributed by atoms with van der Waals surface area (Å²) in [4.78, 5) is 30.8. The molecule has 0 N–H and O–H groups in total. The number of carbonyl (C=O) groups excluding carboxylic acids is 2. The van der Waals surface area contributed by atoms with Gasteiger partial charge in [-0.05, 0) is 102 Å². The first-order valence-electron chi connectivity index (χ1n) is 26.8. The quantitative estimate of drug-likeness (QED) is 0.0450. The zero-order chi connectivity index (χ0) is 42.7. The number of carbonyl (C=O) groups is 2. The van der Waals surface area contributed by atoms with Gasteiger partial charge >= 0.3 is 11.9 Å². The summed E-state index contributed by atoms with van der Waals surface area (Å²) in [7, 11) is 0. The van der Waals surface area contributed by atoms with E-state index < -0.39 is 0 Å². The molecule has 1 saturated heterocycles. The summed E-state index contributed by atoms with van der Waals surface area (Å²) >= 11 is 0. The van der Waals surface area contributed by atoms with E-state index in [1.165, 1.54) is 199 Å². The maximum atomic E-state index is 12.8. The molecule has 0 amide bonds. The summed E-state index contributed by atoms with van der Waals surface area (Å²) in [5.74, 6) is 1.10. The van der Waals surface area contributed by atoms with Crippen molar-refractivity contribution in [3.8, 4) is 0 Å². The fraction of sp³-hybridized carbons (Fsp3) is 0.962. The number of likely N-dealkylation sites (tertiary alicyclic amines) is 1. The lowest BCUT2D eigenvalue weighted by Crippen LogP contribution is -2.35. The molecule has 0 bridgehead atoms. The van der Waals surface area contributed by atoms with Crippen molar-refractivity contribution in [3.05, 3.63) is 0 Å². The van der Waals surface area contributed by atoms with E-state index in [1.54, 1.807) is 0 Å². The maximum absolute atomic E-state index is 12.8. The van der Waals surface area contributed by atoms with Crippen LogP contribution in [-0.4, -0.2) is 74.2 Å². The third-order valence-corrected chi connectivity index (χ3v) is 13.2. The predicted molar refractivity (Wildman–Crippen MR) is 255 cm³/mol. The summed E-state index contributed by atoms with van der Waals surface area (Å²) in [5, 5.41) is 0. The van der Waals surface area contributed by atoms with E-state index in [0.29, 0.717) is 37.9 Å². The van der Waals surface area contributed by atoms with Gasteiger partial charge in [0, 0.05) is 25.9 Å². The lowest BCUT2D eigenvalue weighted by molar-refractivity contribution is -0.146. The predicted octanol–water partition coefficient (Wildman–Crippen LogP) is 15.4. The van der Waals surface area contributed by atoms with Crippen LogP contribution in [0.3, 0.4) is 0 Å². The Morgan fingerprint density at radius 2 is 0.746 bits per heavy atom. The number of rotatable bonds is 46. The monoisotopic (exact) mass is 833 g/mol. The van der Waals surface area contributed by atoms with Crippen molar-refractivity contribution in [2.45, 2.75) is 265 Å². The second-order valence-electron chi connectivity index (χ2n) is 19.0. The average Bonchev–Trinajstić information content (AvgIpc) is 3.77. The highest BCUT2D eigenvalue weighted by Crippen LogP contribution is 2.22. The number of nitrogens with zero attached hydrogens (tertiary/aromatic N) is 2. The highest BCUT2D eigenvalue weighted by Gasteiger charge is 2.16. The molecule has 1 rings (SSSR count). The van der Waals surface area contributed by atoms with Crippen LogP contribution in [0, 0.1) is 11.8 Å². The Hall–Kier alpha value is -1.14. The average molecular weight is 833 g/mol. The molecule has 0 aromatic rings. The summed E-state index contributed by atoms with van der Waals surface area (Å²) in [6.45, 7) is 17.3. The number of esters is 2. The molecule has 1 aliphatic heterocycles. The van der Waals surface area contributed by atoms with Gasteiger partial charge in [0.2, 0.25) is 0 Å². The Kier molecular flexibility index (Phi) is 41.2. The molecule has 1 fully saturated rings. The van der Waals surface area contributed by atoms with Gasteiger partial charge in [0.15, 0.2) is 0 Å². The molecular weight excluding hydrogens is 729 g/mol. The molecule has 59 heavy (non-hydrogen) atoms. The van der Waals surface area contributed by atoms with E-state index in [9.17, 15) is 9.59 Å². The molecular formula is C53H104N2O4. The van der Waals surface area contributed by atoms with Gasteiger partial charge in [-0.3, -0.25) is 9.59 Å². The fourth-order valence-corrected chi connectivity index (χ4v) is 9.05. The first-order valence-corrected chi connectivity index (χ1v) is 26.8. The molecule has 1 heterocycles. The minimum atomic E-state index is 0.0113. The Morgan fingerprint density at radius 3 is 1.12 bits per heavy atom. The van der Waals surface area contributed by atoms with Crippen LogP contribution in [0.1, 0.15) is 265 Å². The Morgan fingerprint density at radius 1 is 0.424 bits per heavy atom. The van der Waals surface area contributed by atoms with Crippen molar-refractivity contribution in [2.24, 2.45) is 11.8 Å². The van der Waals surface area contributed by atoms with Crippen LogP contribution in [0.25, 0.3) is 0 Å². The van der Waals surface area contributed by atoms with Crippen LogP contribution in [0.5, 0.6) is 0 Å². The summed E-state index contributed by atoms with van der Waals surface area (Å²) in [6, 6.07) is 0. The Labute approximate surface area is 369 Å². The minimum Gasteiger partial charge on any atom is -0.465 e. The van der Waals surface area contributed by atoms with E-state index in [4.69, 9.17) is 9.47 Å². The van der Waals surface area contributed by atoms with Crippen molar-refractivity contribution in [2.75, 3.05) is 52.5 Å². The molecule has 0 saturated carbocycles. The third kappa shape index (κ3) is 37.2. The van der Waals surface area contributed by atoms with Crippen LogP contribution in [0.15, 0.2) is 0 Å². The molecule has 0 aromatic carbocycles. The van der Waals surface area contributed by atoms with Crippen LogP contribution >= 0.6 is 0 Å². The molecule has 350 valence electrons. The molecule has 6 nitrogen and oxygen atoms in total. The third-order valence-electron chi connectivity index (χ3n) is 13.2. The van der Waals surface area contributed by atoms with E-state index in [1.807, 2.05) is 0 Å². The second-order valence-corrected chi connectivity index (χ2v) is 19.0. The molecule has 0 aromatic heterocycles. The molecule has 0 aliphatic carbocycles. The molecule has 0 spiro atoms. The number of unbranched alkanes of at least 4 members (excludes halogenated alkanes) is 23. The van der Waals surface area contributed by atoms with Crippen molar-refractivity contribution < 1.29 is 19.1 Å². The second kappa shape index (κ2) is 43.5. The van der Waals surface area contributed by atoms with Crippen molar-refractivity contribution >= 4 is 11.9 Å². The summed E-state index contributed by atoms with van der Waals surface area (Å²) in [5.41, 5.74) is 0. The molecule has 1 aliphatic rings. The van der Waals surface area contributed by atoms with Gasteiger partial charge in [-0.25, -0.2) is 0 Å². The van der Waals surface area contributed by atoms with Crippen LogP contribution in [-0.2, 0) is 19.1 Å². The van der Waals surface area contributed by atoms with Gasteiger partial charge in [0.25, 0.3) is 0 Å². The maximum Gasteiger partial charge on any atom is 0.305 e. The minimum absolute atomic E-state index is 0.0113. The van der Waals surface area contributed by atoms with Gasteiger partial charge in [0.05, 0.1) is 13.2 Å². The standard InChI is InChI=1S/C53H104N2O4/c1-5-9-13-17-19-20-21-23-29-39-51(37-27-16-12-8-4)49-59-53(57)41-31-25-33-43-54(46-47-55-44-34-35-45-55)42-32-24-30-40-52(56)58-48-50(36-26-15-11-7-3)38-28-22-18-14-10-6-2/h50-51H,5-49H2,1-4H3. The first kappa shape index (κ1) is 55.9. The van der Waals surface area contributed by atoms with Gasteiger partial charge in [-0.2, -0.15) is 0 Å². The summed E-state index contributed by atoms with van der Waals surface area (Å²) in [6.07, 6.45) is 45.5. The lowest BCUT2D eigenvalue weighted by Gasteiger charge is -2.25. The van der Waals surface area contributed by atoms with Crippen molar-refractivity contribution in [3.63, 3.8) is 0 Å².